The first-order valence-corrected chi connectivity index (χ1v) is 10.8. The maximum absolute atomic E-state index is 12.7. The zero-order valence-corrected chi connectivity index (χ0v) is 17.4. The van der Waals surface area contributed by atoms with Crippen LogP contribution < -0.4 is 0 Å². The van der Waals surface area contributed by atoms with E-state index < -0.39 is 0 Å². The summed E-state index contributed by atoms with van der Waals surface area (Å²) in [6.45, 7) is 9.35. The van der Waals surface area contributed by atoms with Crippen LogP contribution in [0, 0.1) is 23.7 Å². The summed E-state index contributed by atoms with van der Waals surface area (Å²) in [5.74, 6) is -0.279. The molecule has 3 atom stereocenters. The summed E-state index contributed by atoms with van der Waals surface area (Å²) >= 11 is 0. The van der Waals surface area contributed by atoms with Crippen LogP contribution in [0.15, 0.2) is 0 Å². The minimum atomic E-state index is -0.320. The van der Waals surface area contributed by atoms with Gasteiger partial charge in [0.2, 0.25) is 0 Å². The second kappa shape index (κ2) is 13.2. The molecule has 0 bridgehead atoms. The first-order valence-electron chi connectivity index (χ1n) is 10.8. The van der Waals surface area contributed by atoms with Gasteiger partial charge in [-0.2, -0.15) is 0 Å². The lowest BCUT2D eigenvalue weighted by Crippen LogP contribution is -2.36. The number of carbonyl (C=O) groups excluding carboxylic acids is 2. The average molecular weight is 369 g/mol. The highest BCUT2D eigenvalue weighted by molar-refractivity contribution is 5.82. The fourth-order valence-electron chi connectivity index (χ4n) is 3.76. The van der Waals surface area contributed by atoms with Gasteiger partial charge < -0.3 is 9.47 Å². The molecule has 1 saturated carbocycles. The molecule has 0 radical (unpaired) electrons. The number of rotatable bonds is 12. The zero-order valence-electron chi connectivity index (χ0n) is 17.4. The van der Waals surface area contributed by atoms with E-state index in [-0.39, 0.29) is 23.8 Å². The van der Waals surface area contributed by atoms with E-state index in [0.717, 1.165) is 44.9 Å². The summed E-state index contributed by atoms with van der Waals surface area (Å²) in [5, 5.41) is 0. The first-order chi connectivity index (χ1) is 12.5. The minimum absolute atomic E-state index is 0.187. The molecule has 3 unspecified atom stereocenters. The van der Waals surface area contributed by atoms with Gasteiger partial charge in [-0.3, -0.25) is 9.59 Å². The number of hydrogen-bond acceptors (Lipinski definition) is 4. The standard InChI is InChI=1S/C22H40O4/c1-5-7-8-12-18(11-6-2)16-26-22(24)20-14-10-9-13-19(20)21(23)25-15-17(3)4/h17-20H,5-16H2,1-4H3. The second-order valence-electron chi connectivity index (χ2n) is 8.30. The number of hydrogen-bond donors (Lipinski definition) is 0. The summed E-state index contributed by atoms with van der Waals surface area (Å²) in [7, 11) is 0. The summed E-state index contributed by atoms with van der Waals surface area (Å²) in [4.78, 5) is 25.1. The van der Waals surface area contributed by atoms with Crippen molar-refractivity contribution in [2.45, 2.75) is 91.9 Å². The van der Waals surface area contributed by atoms with Crippen molar-refractivity contribution < 1.29 is 19.1 Å². The lowest BCUT2D eigenvalue weighted by Gasteiger charge is -2.29. The van der Waals surface area contributed by atoms with Gasteiger partial charge in [-0.1, -0.05) is 66.2 Å². The highest BCUT2D eigenvalue weighted by Gasteiger charge is 2.38. The summed E-state index contributed by atoms with van der Waals surface area (Å²) in [5.41, 5.74) is 0. The Labute approximate surface area is 160 Å². The molecule has 0 heterocycles. The fourth-order valence-corrected chi connectivity index (χ4v) is 3.76. The van der Waals surface area contributed by atoms with Crippen LogP contribution in [-0.2, 0) is 19.1 Å². The maximum atomic E-state index is 12.7. The molecule has 0 aromatic heterocycles. The quantitative estimate of drug-likeness (QED) is 0.335. The van der Waals surface area contributed by atoms with E-state index in [1.54, 1.807) is 0 Å². The molecular weight excluding hydrogens is 328 g/mol. The van der Waals surface area contributed by atoms with Crippen LogP contribution in [0.5, 0.6) is 0 Å². The highest BCUT2D eigenvalue weighted by atomic mass is 16.5. The molecule has 4 heteroatoms. The van der Waals surface area contributed by atoms with Crippen LogP contribution in [0.25, 0.3) is 0 Å². The molecule has 0 aromatic carbocycles. The third kappa shape index (κ3) is 8.55. The molecule has 0 saturated heterocycles. The maximum Gasteiger partial charge on any atom is 0.309 e. The predicted molar refractivity (Wildman–Crippen MR) is 105 cm³/mol. The molecule has 4 nitrogen and oxygen atoms in total. The van der Waals surface area contributed by atoms with Crippen molar-refractivity contribution in [3.63, 3.8) is 0 Å². The minimum Gasteiger partial charge on any atom is -0.465 e. The van der Waals surface area contributed by atoms with Crippen molar-refractivity contribution >= 4 is 11.9 Å². The number of unbranched alkanes of at least 4 members (excludes halogenated alkanes) is 2. The molecule has 152 valence electrons. The molecule has 0 amide bonds. The Morgan fingerprint density at radius 2 is 1.42 bits per heavy atom. The molecule has 1 aliphatic carbocycles. The van der Waals surface area contributed by atoms with Gasteiger partial charge in [0.05, 0.1) is 25.0 Å². The topological polar surface area (TPSA) is 52.6 Å². The number of esters is 2. The van der Waals surface area contributed by atoms with Gasteiger partial charge >= 0.3 is 11.9 Å². The molecule has 1 aliphatic rings. The van der Waals surface area contributed by atoms with E-state index in [9.17, 15) is 9.59 Å². The van der Waals surface area contributed by atoms with Gasteiger partial charge in [0.25, 0.3) is 0 Å². The first kappa shape index (κ1) is 23.0. The molecule has 0 spiro atoms. The molecule has 0 aromatic rings. The van der Waals surface area contributed by atoms with Gasteiger partial charge in [-0.05, 0) is 37.5 Å². The van der Waals surface area contributed by atoms with E-state index in [0.29, 0.717) is 25.0 Å². The van der Waals surface area contributed by atoms with Gasteiger partial charge in [-0.25, -0.2) is 0 Å². The lowest BCUT2D eigenvalue weighted by atomic mass is 9.79. The van der Waals surface area contributed by atoms with Crippen molar-refractivity contribution in [1.82, 2.24) is 0 Å². The van der Waals surface area contributed by atoms with Gasteiger partial charge in [0.15, 0.2) is 0 Å². The highest BCUT2D eigenvalue weighted by Crippen LogP contribution is 2.32. The van der Waals surface area contributed by atoms with Crippen LogP contribution in [0.3, 0.4) is 0 Å². The smallest absolute Gasteiger partial charge is 0.309 e. The van der Waals surface area contributed by atoms with E-state index in [1.165, 1.54) is 19.3 Å². The van der Waals surface area contributed by atoms with Crippen molar-refractivity contribution in [2.75, 3.05) is 13.2 Å². The molecule has 0 aliphatic heterocycles. The van der Waals surface area contributed by atoms with E-state index in [2.05, 4.69) is 13.8 Å². The second-order valence-corrected chi connectivity index (χ2v) is 8.30. The summed E-state index contributed by atoms with van der Waals surface area (Å²) < 4.78 is 11.1. The average Bonchev–Trinajstić information content (AvgIpc) is 2.64. The summed E-state index contributed by atoms with van der Waals surface area (Å²) in [6, 6.07) is 0. The largest absolute Gasteiger partial charge is 0.465 e. The number of ether oxygens (including phenoxy) is 2. The van der Waals surface area contributed by atoms with Crippen LogP contribution >= 0.6 is 0 Å². The molecule has 26 heavy (non-hydrogen) atoms. The van der Waals surface area contributed by atoms with Crippen LogP contribution in [0.2, 0.25) is 0 Å². The SMILES string of the molecule is CCCCCC(CCC)COC(=O)C1CCCCC1C(=O)OCC(C)C. The van der Waals surface area contributed by atoms with E-state index >= 15 is 0 Å². The van der Waals surface area contributed by atoms with Crippen LogP contribution in [0.1, 0.15) is 91.9 Å². The van der Waals surface area contributed by atoms with E-state index in [4.69, 9.17) is 9.47 Å². The van der Waals surface area contributed by atoms with Gasteiger partial charge in [-0.15, -0.1) is 0 Å². The van der Waals surface area contributed by atoms with E-state index in [1.807, 2.05) is 13.8 Å². The third-order valence-corrected chi connectivity index (χ3v) is 5.30. The molecule has 1 rings (SSSR count). The lowest BCUT2D eigenvalue weighted by molar-refractivity contribution is -0.164. The third-order valence-electron chi connectivity index (χ3n) is 5.30. The number of carbonyl (C=O) groups is 2. The Kier molecular flexibility index (Phi) is 11.6. The van der Waals surface area contributed by atoms with Gasteiger partial charge in [0, 0.05) is 0 Å². The van der Waals surface area contributed by atoms with Crippen molar-refractivity contribution in [3.05, 3.63) is 0 Å². The molecule has 0 N–H and O–H groups in total. The van der Waals surface area contributed by atoms with Crippen molar-refractivity contribution in [1.29, 1.82) is 0 Å². The zero-order chi connectivity index (χ0) is 19.4. The van der Waals surface area contributed by atoms with Gasteiger partial charge in [0.1, 0.15) is 0 Å². The Morgan fingerprint density at radius 3 is 1.92 bits per heavy atom. The summed E-state index contributed by atoms with van der Waals surface area (Å²) in [6.07, 6.45) is 10.4. The predicted octanol–water partition coefficient (Wildman–Crippen LogP) is 5.53. The fraction of sp³-hybridized carbons (Fsp3) is 0.909. The van der Waals surface area contributed by atoms with Crippen molar-refractivity contribution in [3.8, 4) is 0 Å². The monoisotopic (exact) mass is 368 g/mol. The van der Waals surface area contributed by atoms with Crippen LogP contribution in [0.4, 0.5) is 0 Å². The molecular formula is C22H40O4. The Hall–Kier alpha value is -1.06. The molecule has 1 fully saturated rings. The Morgan fingerprint density at radius 1 is 0.846 bits per heavy atom. The normalized spacial score (nSPS) is 21.4. The van der Waals surface area contributed by atoms with Crippen LogP contribution in [-0.4, -0.2) is 25.2 Å². The van der Waals surface area contributed by atoms with Crippen molar-refractivity contribution in [2.24, 2.45) is 23.7 Å². The Balaban J connectivity index is 2.53. The Bertz CT molecular complexity index is 405.